The summed E-state index contributed by atoms with van der Waals surface area (Å²) in [6, 6.07) is 5.85. The molecular weight excluding hydrogens is 318 g/mol. The largest absolute Gasteiger partial charge is 0.480 e. The van der Waals surface area contributed by atoms with Gasteiger partial charge in [-0.05, 0) is 63.4 Å². The van der Waals surface area contributed by atoms with Crippen molar-refractivity contribution in [1.82, 2.24) is 5.32 Å². The molecule has 2 heterocycles. The summed E-state index contributed by atoms with van der Waals surface area (Å²) in [6.45, 7) is 9.48. The molecule has 1 aliphatic rings. The SMILES string of the molecule is Cc1cc(C(C)(O)CNC(=O)C2Cc3cc(C)c(C)cc3O2)c(C)o1. The minimum atomic E-state index is -1.20. The molecule has 0 aliphatic carbocycles. The zero-order chi connectivity index (χ0) is 18.4. The van der Waals surface area contributed by atoms with E-state index < -0.39 is 11.7 Å². The number of hydrogen-bond donors (Lipinski definition) is 2. The number of carbonyl (C=O) groups excluding carboxylic acids is 1. The van der Waals surface area contributed by atoms with Gasteiger partial charge in [-0.15, -0.1) is 0 Å². The highest BCUT2D eigenvalue weighted by Gasteiger charge is 2.33. The van der Waals surface area contributed by atoms with Gasteiger partial charge in [0.05, 0.1) is 6.54 Å². The third kappa shape index (κ3) is 3.42. The highest BCUT2D eigenvalue weighted by Crippen LogP contribution is 2.32. The van der Waals surface area contributed by atoms with E-state index in [-0.39, 0.29) is 12.5 Å². The van der Waals surface area contributed by atoms with E-state index in [1.807, 2.05) is 19.9 Å². The lowest BCUT2D eigenvalue weighted by atomic mass is 9.96. The van der Waals surface area contributed by atoms with Crippen molar-refractivity contribution in [1.29, 1.82) is 0 Å². The Hall–Kier alpha value is -2.27. The van der Waals surface area contributed by atoms with E-state index in [0.29, 0.717) is 17.7 Å². The fraction of sp³-hybridized carbons (Fsp3) is 0.450. The molecule has 0 radical (unpaired) electrons. The first-order valence-electron chi connectivity index (χ1n) is 8.52. The molecule has 1 aromatic heterocycles. The molecule has 1 aromatic carbocycles. The van der Waals surface area contributed by atoms with Gasteiger partial charge in [0.2, 0.25) is 0 Å². The van der Waals surface area contributed by atoms with Crippen LogP contribution in [-0.4, -0.2) is 23.7 Å². The van der Waals surface area contributed by atoms with Gasteiger partial charge in [-0.25, -0.2) is 0 Å². The molecule has 0 spiro atoms. The Labute approximate surface area is 148 Å². The number of fused-ring (bicyclic) bond motifs is 1. The van der Waals surface area contributed by atoms with E-state index in [9.17, 15) is 9.90 Å². The van der Waals surface area contributed by atoms with Gasteiger partial charge < -0.3 is 19.6 Å². The van der Waals surface area contributed by atoms with Crippen molar-refractivity contribution in [2.45, 2.75) is 52.7 Å². The Balaban J connectivity index is 1.65. The van der Waals surface area contributed by atoms with Crippen LogP contribution in [0.15, 0.2) is 22.6 Å². The molecule has 5 heteroatoms. The minimum absolute atomic E-state index is 0.0971. The maximum Gasteiger partial charge on any atom is 0.261 e. The van der Waals surface area contributed by atoms with E-state index in [4.69, 9.17) is 9.15 Å². The van der Waals surface area contributed by atoms with Crippen LogP contribution >= 0.6 is 0 Å². The van der Waals surface area contributed by atoms with E-state index in [0.717, 1.165) is 22.6 Å². The second-order valence-electron chi connectivity index (χ2n) is 7.17. The molecule has 0 fully saturated rings. The van der Waals surface area contributed by atoms with Gasteiger partial charge in [-0.3, -0.25) is 4.79 Å². The van der Waals surface area contributed by atoms with E-state index in [1.54, 1.807) is 19.9 Å². The van der Waals surface area contributed by atoms with Crippen LogP contribution in [0.5, 0.6) is 5.75 Å². The third-order valence-electron chi connectivity index (χ3n) is 4.87. The molecule has 5 nitrogen and oxygen atoms in total. The standard InChI is InChI=1S/C20H25NO4/c1-11-6-15-9-18(25-17(15)7-12(11)2)19(22)21-10-20(5,23)16-8-13(3)24-14(16)4/h6-8,18,23H,9-10H2,1-5H3,(H,21,22). The van der Waals surface area contributed by atoms with Crippen LogP contribution in [-0.2, 0) is 16.8 Å². The molecule has 2 atom stereocenters. The Morgan fingerprint density at radius 1 is 1.24 bits per heavy atom. The zero-order valence-corrected chi connectivity index (χ0v) is 15.4. The molecule has 1 aliphatic heterocycles. The van der Waals surface area contributed by atoms with Crippen LogP contribution < -0.4 is 10.1 Å². The van der Waals surface area contributed by atoms with Gasteiger partial charge in [-0.2, -0.15) is 0 Å². The van der Waals surface area contributed by atoms with Gasteiger partial charge >= 0.3 is 0 Å². The number of aryl methyl sites for hydroxylation is 4. The summed E-state index contributed by atoms with van der Waals surface area (Å²) in [5.74, 6) is 1.95. The molecule has 2 N–H and O–H groups in total. The summed E-state index contributed by atoms with van der Waals surface area (Å²) in [4.78, 5) is 12.5. The maximum atomic E-state index is 12.5. The second kappa shape index (κ2) is 6.23. The fourth-order valence-electron chi connectivity index (χ4n) is 3.29. The lowest BCUT2D eigenvalue weighted by Crippen LogP contribution is -2.44. The van der Waals surface area contributed by atoms with Crippen molar-refractivity contribution >= 4 is 5.91 Å². The summed E-state index contributed by atoms with van der Waals surface area (Å²) in [6.07, 6.45) is -0.00644. The molecule has 0 saturated heterocycles. The molecule has 2 aromatic rings. The summed E-state index contributed by atoms with van der Waals surface area (Å²) >= 11 is 0. The number of ether oxygens (including phenoxy) is 1. The zero-order valence-electron chi connectivity index (χ0n) is 15.4. The molecular formula is C20H25NO4. The molecule has 0 bridgehead atoms. The highest BCUT2D eigenvalue weighted by molar-refractivity contribution is 5.82. The summed E-state index contributed by atoms with van der Waals surface area (Å²) < 4.78 is 11.3. The van der Waals surface area contributed by atoms with Gasteiger partial charge in [0, 0.05) is 12.0 Å². The summed E-state index contributed by atoms with van der Waals surface area (Å²) in [7, 11) is 0. The monoisotopic (exact) mass is 343 g/mol. The van der Waals surface area contributed by atoms with Crippen LogP contribution in [0.2, 0.25) is 0 Å². The normalized spacial score (nSPS) is 18.4. The molecule has 3 rings (SSSR count). The quantitative estimate of drug-likeness (QED) is 0.895. The number of rotatable bonds is 4. The lowest BCUT2D eigenvalue weighted by Gasteiger charge is -2.24. The number of benzene rings is 1. The predicted octanol–water partition coefficient (Wildman–Crippen LogP) is 2.84. The molecule has 2 unspecified atom stereocenters. The van der Waals surface area contributed by atoms with Crippen molar-refractivity contribution in [2.24, 2.45) is 0 Å². The first kappa shape index (κ1) is 17.5. The van der Waals surface area contributed by atoms with E-state index >= 15 is 0 Å². The van der Waals surface area contributed by atoms with Crippen molar-refractivity contribution in [3.63, 3.8) is 0 Å². The summed E-state index contributed by atoms with van der Waals surface area (Å²) in [5.41, 5.74) is 2.88. The van der Waals surface area contributed by atoms with Crippen molar-refractivity contribution < 1.29 is 19.1 Å². The number of amides is 1. The molecule has 0 saturated carbocycles. The van der Waals surface area contributed by atoms with E-state index in [1.165, 1.54) is 5.56 Å². The molecule has 25 heavy (non-hydrogen) atoms. The number of nitrogens with one attached hydrogen (secondary N) is 1. The highest BCUT2D eigenvalue weighted by atomic mass is 16.5. The smallest absolute Gasteiger partial charge is 0.261 e. The Morgan fingerprint density at radius 3 is 2.56 bits per heavy atom. The molecule has 134 valence electrons. The first-order valence-corrected chi connectivity index (χ1v) is 8.52. The predicted molar refractivity (Wildman–Crippen MR) is 94.8 cm³/mol. The topological polar surface area (TPSA) is 71.7 Å². The second-order valence-corrected chi connectivity index (χ2v) is 7.17. The van der Waals surface area contributed by atoms with E-state index in [2.05, 4.69) is 18.3 Å². The Morgan fingerprint density at radius 2 is 1.92 bits per heavy atom. The lowest BCUT2D eigenvalue weighted by molar-refractivity contribution is -0.128. The Bertz CT molecular complexity index is 788. The van der Waals surface area contributed by atoms with Gasteiger partial charge in [0.1, 0.15) is 22.9 Å². The van der Waals surface area contributed by atoms with Crippen LogP contribution in [0.3, 0.4) is 0 Å². The number of hydrogen-bond acceptors (Lipinski definition) is 4. The van der Waals surface area contributed by atoms with Gasteiger partial charge in [0.15, 0.2) is 6.10 Å². The fourth-order valence-corrected chi connectivity index (χ4v) is 3.29. The number of furan rings is 1. The first-order chi connectivity index (χ1) is 11.7. The number of aliphatic hydroxyl groups is 1. The van der Waals surface area contributed by atoms with Crippen molar-refractivity contribution in [2.75, 3.05) is 6.54 Å². The van der Waals surface area contributed by atoms with Crippen LogP contribution in [0.25, 0.3) is 0 Å². The van der Waals surface area contributed by atoms with Gasteiger partial charge in [0.25, 0.3) is 5.91 Å². The van der Waals surface area contributed by atoms with Crippen LogP contribution in [0, 0.1) is 27.7 Å². The molecule has 1 amide bonds. The third-order valence-corrected chi connectivity index (χ3v) is 4.87. The maximum absolute atomic E-state index is 12.5. The Kier molecular flexibility index (Phi) is 4.37. The average Bonchev–Trinajstić information content (AvgIpc) is 3.08. The average molecular weight is 343 g/mol. The number of carbonyl (C=O) groups is 1. The van der Waals surface area contributed by atoms with Crippen molar-refractivity contribution in [3.8, 4) is 5.75 Å². The van der Waals surface area contributed by atoms with Crippen molar-refractivity contribution in [3.05, 3.63) is 52.0 Å². The van der Waals surface area contributed by atoms with Crippen LogP contribution in [0.1, 0.15) is 40.7 Å². The summed E-state index contributed by atoms with van der Waals surface area (Å²) in [5, 5.41) is 13.5. The van der Waals surface area contributed by atoms with Crippen LogP contribution in [0.4, 0.5) is 0 Å². The minimum Gasteiger partial charge on any atom is -0.480 e. The van der Waals surface area contributed by atoms with Gasteiger partial charge in [-0.1, -0.05) is 6.07 Å².